The van der Waals surface area contributed by atoms with Gasteiger partial charge in [-0.1, -0.05) is 60.7 Å². The Bertz CT molecular complexity index is 653. The maximum absolute atomic E-state index is 5.47. The second kappa shape index (κ2) is 6.47. The molecule has 0 aliphatic heterocycles. The number of ether oxygens (including phenoxy) is 2. The molecule has 0 N–H and O–H groups in total. The van der Waals surface area contributed by atoms with Crippen LogP contribution in [-0.2, 0) is 15.9 Å². The van der Waals surface area contributed by atoms with Gasteiger partial charge in [0.25, 0.3) is 0 Å². The highest BCUT2D eigenvalue weighted by Crippen LogP contribution is 2.38. The van der Waals surface area contributed by atoms with Gasteiger partial charge in [0.2, 0.25) is 0 Å². The minimum atomic E-state index is -0.0820. The number of methoxy groups -OCH3 is 2. The molecule has 0 heterocycles. The maximum atomic E-state index is 5.47. The summed E-state index contributed by atoms with van der Waals surface area (Å²) >= 11 is 0. The molecular formula is C20H22O2. The molecule has 0 bridgehead atoms. The first kappa shape index (κ1) is 15.0. The third kappa shape index (κ3) is 2.85. The average Bonchev–Trinajstić information content (AvgIpc) is 2.56. The van der Waals surface area contributed by atoms with Crippen LogP contribution in [0.25, 0.3) is 17.2 Å². The summed E-state index contributed by atoms with van der Waals surface area (Å²) in [5.41, 5.74) is 5.16. The summed E-state index contributed by atoms with van der Waals surface area (Å²) in [5.74, 6) is 0. The van der Waals surface area contributed by atoms with E-state index in [-0.39, 0.29) is 5.41 Å². The van der Waals surface area contributed by atoms with Crippen molar-refractivity contribution in [2.24, 2.45) is 5.41 Å². The molecule has 2 aromatic rings. The van der Waals surface area contributed by atoms with Crippen molar-refractivity contribution in [3.8, 4) is 11.1 Å². The van der Waals surface area contributed by atoms with Crippen molar-refractivity contribution in [2.45, 2.75) is 6.42 Å². The largest absolute Gasteiger partial charge is 0.384 e. The van der Waals surface area contributed by atoms with Crippen molar-refractivity contribution >= 4 is 6.08 Å². The van der Waals surface area contributed by atoms with E-state index in [1.807, 2.05) is 0 Å². The Kier molecular flexibility index (Phi) is 4.41. The molecule has 1 aliphatic rings. The van der Waals surface area contributed by atoms with Crippen LogP contribution in [-0.4, -0.2) is 27.4 Å². The Balaban J connectivity index is 2.05. The summed E-state index contributed by atoms with van der Waals surface area (Å²) in [6.45, 7) is 1.33. The van der Waals surface area contributed by atoms with E-state index in [4.69, 9.17) is 9.47 Å². The van der Waals surface area contributed by atoms with E-state index in [1.54, 1.807) is 14.2 Å². The van der Waals surface area contributed by atoms with Crippen molar-refractivity contribution in [1.82, 2.24) is 0 Å². The SMILES string of the molecule is COCC1(COC)C=Cc2cccc(-c3ccccc3)c2C1. The van der Waals surface area contributed by atoms with Gasteiger partial charge in [0.05, 0.1) is 13.2 Å². The molecule has 0 saturated heterocycles. The average molecular weight is 294 g/mol. The second-order valence-electron chi connectivity index (χ2n) is 5.98. The molecule has 0 saturated carbocycles. The molecule has 114 valence electrons. The topological polar surface area (TPSA) is 18.5 Å². The molecule has 3 rings (SSSR count). The minimum Gasteiger partial charge on any atom is -0.384 e. The van der Waals surface area contributed by atoms with E-state index in [2.05, 4.69) is 60.7 Å². The zero-order valence-electron chi connectivity index (χ0n) is 13.2. The van der Waals surface area contributed by atoms with E-state index < -0.39 is 0 Å². The fraction of sp³-hybridized carbons (Fsp3) is 0.300. The van der Waals surface area contributed by atoms with Crippen molar-refractivity contribution in [2.75, 3.05) is 27.4 Å². The molecule has 0 aromatic heterocycles. The predicted octanol–water partition coefficient (Wildman–Crippen LogP) is 4.20. The highest BCUT2D eigenvalue weighted by Gasteiger charge is 2.32. The summed E-state index contributed by atoms with van der Waals surface area (Å²) in [6.07, 6.45) is 5.39. The molecule has 2 aromatic carbocycles. The lowest BCUT2D eigenvalue weighted by molar-refractivity contribution is 0.0406. The Hall–Kier alpha value is -1.90. The standard InChI is InChI=1S/C20H22O2/c1-21-14-20(15-22-2)12-11-17-9-6-10-18(19(17)13-20)16-7-4-3-5-8-16/h3-12H,13-15H2,1-2H3. The Morgan fingerprint density at radius 1 is 0.909 bits per heavy atom. The molecule has 0 spiro atoms. The number of fused-ring (bicyclic) bond motifs is 1. The molecule has 0 amide bonds. The van der Waals surface area contributed by atoms with E-state index in [0.29, 0.717) is 13.2 Å². The van der Waals surface area contributed by atoms with E-state index >= 15 is 0 Å². The minimum absolute atomic E-state index is 0.0820. The monoisotopic (exact) mass is 294 g/mol. The van der Waals surface area contributed by atoms with Crippen molar-refractivity contribution in [3.05, 3.63) is 65.7 Å². The van der Waals surface area contributed by atoms with Gasteiger partial charge in [-0.15, -0.1) is 0 Å². The van der Waals surface area contributed by atoms with Crippen LogP contribution in [0, 0.1) is 5.41 Å². The molecule has 22 heavy (non-hydrogen) atoms. The van der Waals surface area contributed by atoms with Crippen LogP contribution in [0.1, 0.15) is 11.1 Å². The lowest BCUT2D eigenvalue weighted by atomic mass is 9.75. The van der Waals surface area contributed by atoms with Crippen molar-refractivity contribution < 1.29 is 9.47 Å². The van der Waals surface area contributed by atoms with Crippen LogP contribution < -0.4 is 0 Å². The van der Waals surface area contributed by atoms with Crippen LogP contribution in [0.15, 0.2) is 54.6 Å². The third-order valence-electron chi connectivity index (χ3n) is 4.31. The second-order valence-corrected chi connectivity index (χ2v) is 5.98. The Labute approximate surface area is 132 Å². The molecule has 2 heteroatoms. The van der Waals surface area contributed by atoms with Crippen LogP contribution in [0.4, 0.5) is 0 Å². The molecule has 0 atom stereocenters. The zero-order chi connectivity index (χ0) is 15.4. The van der Waals surface area contributed by atoms with Gasteiger partial charge in [0.1, 0.15) is 0 Å². The van der Waals surface area contributed by atoms with Gasteiger partial charge in [-0.25, -0.2) is 0 Å². The van der Waals surface area contributed by atoms with Gasteiger partial charge < -0.3 is 9.47 Å². The molecule has 2 nitrogen and oxygen atoms in total. The van der Waals surface area contributed by atoms with Gasteiger partial charge in [0, 0.05) is 19.6 Å². The van der Waals surface area contributed by atoms with Crippen molar-refractivity contribution in [3.63, 3.8) is 0 Å². The summed E-state index contributed by atoms with van der Waals surface area (Å²) in [6, 6.07) is 17.1. The van der Waals surface area contributed by atoms with Crippen molar-refractivity contribution in [1.29, 1.82) is 0 Å². The Morgan fingerprint density at radius 3 is 2.32 bits per heavy atom. The lowest BCUT2D eigenvalue weighted by Gasteiger charge is -2.34. The fourth-order valence-corrected chi connectivity index (χ4v) is 3.34. The van der Waals surface area contributed by atoms with E-state index in [9.17, 15) is 0 Å². The zero-order valence-corrected chi connectivity index (χ0v) is 13.2. The van der Waals surface area contributed by atoms with Crippen LogP contribution in [0.3, 0.4) is 0 Å². The van der Waals surface area contributed by atoms with Gasteiger partial charge in [0.15, 0.2) is 0 Å². The van der Waals surface area contributed by atoms with E-state index in [0.717, 1.165) is 6.42 Å². The molecule has 0 unspecified atom stereocenters. The first-order valence-electron chi connectivity index (χ1n) is 7.62. The van der Waals surface area contributed by atoms with Crippen LogP contribution in [0.5, 0.6) is 0 Å². The number of benzene rings is 2. The van der Waals surface area contributed by atoms with Gasteiger partial charge in [-0.2, -0.15) is 0 Å². The fourth-order valence-electron chi connectivity index (χ4n) is 3.34. The molecular weight excluding hydrogens is 272 g/mol. The van der Waals surface area contributed by atoms with Gasteiger partial charge >= 0.3 is 0 Å². The van der Waals surface area contributed by atoms with Crippen LogP contribution >= 0.6 is 0 Å². The first-order chi connectivity index (χ1) is 10.8. The van der Waals surface area contributed by atoms with Gasteiger partial charge in [-0.05, 0) is 28.7 Å². The van der Waals surface area contributed by atoms with E-state index in [1.165, 1.54) is 22.3 Å². The van der Waals surface area contributed by atoms with Crippen LogP contribution in [0.2, 0.25) is 0 Å². The van der Waals surface area contributed by atoms with Gasteiger partial charge in [-0.3, -0.25) is 0 Å². The number of hydrogen-bond donors (Lipinski definition) is 0. The Morgan fingerprint density at radius 2 is 1.64 bits per heavy atom. The molecule has 0 fully saturated rings. The summed E-state index contributed by atoms with van der Waals surface area (Å²) in [4.78, 5) is 0. The number of rotatable bonds is 5. The smallest absolute Gasteiger partial charge is 0.0578 e. The first-order valence-corrected chi connectivity index (χ1v) is 7.62. The molecule has 1 aliphatic carbocycles. The third-order valence-corrected chi connectivity index (χ3v) is 4.31. The number of hydrogen-bond acceptors (Lipinski definition) is 2. The summed E-state index contributed by atoms with van der Waals surface area (Å²) in [5, 5.41) is 0. The predicted molar refractivity (Wildman–Crippen MR) is 90.8 cm³/mol. The highest BCUT2D eigenvalue weighted by molar-refractivity contribution is 5.74. The summed E-state index contributed by atoms with van der Waals surface area (Å²) in [7, 11) is 3.51. The highest BCUT2D eigenvalue weighted by atomic mass is 16.5. The summed E-state index contributed by atoms with van der Waals surface area (Å²) < 4.78 is 10.9. The lowest BCUT2D eigenvalue weighted by Crippen LogP contribution is -2.34. The normalized spacial score (nSPS) is 15.5. The maximum Gasteiger partial charge on any atom is 0.0578 e. The molecule has 0 radical (unpaired) electrons. The quantitative estimate of drug-likeness (QED) is 0.822.